The number of hydrogen-bond acceptors (Lipinski definition) is 3. The Balaban J connectivity index is 2.40. The Morgan fingerprint density at radius 3 is 2.82 bits per heavy atom. The van der Waals surface area contributed by atoms with Gasteiger partial charge in [-0.3, -0.25) is 4.79 Å². The fourth-order valence-electron chi connectivity index (χ4n) is 1.27. The molecule has 17 heavy (non-hydrogen) atoms. The number of hydrogen-bond donors (Lipinski definition) is 2. The Morgan fingerprint density at radius 1 is 1.59 bits per heavy atom. The maximum atomic E-state index is 11.7. The van der Waals surface area contributed by atoms with Gasteiger partial charge in [-0.15, -0.1) is 11.3 Å². The molecule has 0 saturated carbocycles. The first-order chi connectivity index (χ1) is 8.00. The van der Waals surface area contributed by atoms with Crippen molar-refractivity contribution in [3.05, 3.63) is 22.4 Å². The molecule has 6 heteroatoms. The fraction of sp³-hybridized carbons (Fsp3) is 0.455. The Hall–Kier alpha value is -1.56. The summed E-state index contributed by atoms with van der Waals surface area (Å²) in [6.07, 6.45) is -0.0443. The van der Waals surface area contributed by atoms with E-state index in [1.807, 2.05) is 24.4 Å². The lowest BCUT2D eigenvalue weighted by molar-refractivity contribution is -0.137. The predicted molar refractivity (Wildman–Crippen MR) is 66.1 cm³/mol. The quantitative estimate of drug-likeness (QED) is 0.845. The van der Waals surface area contributed by atoms with Crippen molar-refractivity contribution in [3.63, 3.8) is 0 Å². The highest BCUT2D eigenvalue weighted by molar-refractivity contribution is 7.10. The van der Waals surface area contributed by atoms with Crippen molar-refractivity contribution in [2.45, 2.75) is 19.4 Å². The van der Waals surface area contributed by atoms with Crippen LogP contribution in [-0.4, -0.2) is 35.6 Å². The third kappa shape index (κ3) is 4.44. The van der Waals surface area contributed by atoms with E-state index in [1.54, 1.807) is 18.4 Å². The van der Waals surface area contributed by atoms with Crippen molar-refractivity contribution in [2.24, 2.45) is 0 Å². The van der Waals surface area contributed by atoms with Crippen LogP contribution in [0, 0.1) is 0 Å². The third-order valence-electron chi connectivity index (χ3n) is 2.32. The average molecular weight is 256 g/mol. The molecule has 1 rings (SSSR count). The van der Waals surface area contributed by atoms with Crippen LogP contribution in [-0.2, 0) is 4.79 Å². The van der Waals surface area contributed by atoms with Crippen LogP contribution in [0.2, 0.25) is 0 Å². The van der Waals surface area contributed by atoms with Gasteiger partial charge in [-0.1, -0.05) is 6.07 Å². The van der Waals surface area contributed by atoms with Gasteiger partial charge < -0.3 is 15.3 Å². The molecular weight excluding hydrogens is 240 g/mol. The molecule has 1 atom stereocenters. The van der Waals surface area contributed by atoms with Crippen LogP contribution in [0.25, 0.3) is 0 Å². The second-order valence-corrected chi connectivity index (χ2v) is 4.73. The van der Waals surface area contributed by atoms with E-state index in [1.165, 1.54) is 4.90 Å². The molecule has 94 valence electrons. The molecule has 0 aliphatic rings. The van der Waals surface area contributed by atoms with Gasteiger partial charge in [0.2, 0.25) is 0 Å². The zero-order valence-electron chi connectivity index (χ0n) is 9.84. The molecule has 1 aromatic rings. The zero-order valence-corrected chi connectivity index (χ0v) is 10.7. The summed E-state index contributed by atoms with van der Waals surface area (Å²) in [5.74, 6) is -0.907. The summed E-state index contributed by atoms with van der Waals surface area (Å²) in [4.78, 5) is 24.5. The molecule has 0 bridgehead atoms. The molecule has 1 aromatic heterocycles. The minimum atomic E-state index is -0.907. The summed E-state index contributed by atoms with van der Waals surface area (Å²) in [5, 5.41) is 13.3. The second-order valence-electron chi connectivity index (χ2n) is 3.75. The summed E-state index contributed by atoms with van der Waals surface area (Å²) in [7, 11) is 1.58. The van der Waals surface area contributed by atoms with Crippen molar-refractivity contribution in [3.8, 4) is 0 Å². The fourth-order valence-corrected chi connectivity index (χ4v) is 2.00. The van der Waals surface area contributed by atoms with Crippen molar-refractivity contribution < 1.29 is 14.7 Å². The Morgan fingerprint density at radius 2 is 2.29 bits per heavy atom. The molecule has 0 radical (unpaired) electrons. The molecule has 0 fully saturated rings. The molecule has 0 aromatic carbocycles. The minimum Gasteiger partial charge on any atom is -0.481 e. The topological polar surface area (TPSA) is 69.6 Å². The summed E-state index contributed by atoms with van der Waals surface area (Å²) < 4.78 is 0. The van der Waals surface area contributed by atoms with Crippen LogP contribution >= 0.6 is 11.3 Å². The number of rotatable bonds is 5. The number of urea groups is 1. The van der Waals surface area contributed by atoms with Gasteiger partial charge >= 0.3 is 12.0 Å². The highest BCUT2D eigenvalue weighted by atomic mass is 32.1. The summed E-state index contributed by atoms with van der Waals surface area (Å²) >= 11 is 1.58. The molecule has 2 N–H and O–H groups in total. The van der Waals surface area contributed by atoms with Crippen LogP contribution in [0.1, 0.15) is 24.3 Å². The molecule has 0 aliphatic carbocycles. The van der Waals surface area contributed by atoms with Gasteiger partial charge in [0.05, 0.1) is 12.5 Å². The van der Waals surface area contributed by atoms with Crippen molar-refractivity contribution >= 4 is 23.3 Å². The number of carbonyl (C=O) groups excluding carboxylic acids is 1. The lowest BCUT2D eigenvalue weighted by Crippen LogP contribution is -2.39. The van der Waals surface area contributed by atoms with Gasteiger partial charge in [-0.05, 0) is 18.4 Å². The number of aliphatic carboxylic acids is 1. The zero-order chi connectivity index (χ0) is 12.8. The van der Waals surface area contributed by atoms with E-state index < -0.39 is 5.97 Å². The van der Waals surface area contributed by atoms with E-state index in [4.69, 9.17) is 5.11 Å². The Labute approximate surface area is 104 Å². The highest BCUT2D eigenvalue weighted by Crippen LogP contribution is 2.18. The SMILES string of the molecule is CC(NC(=O)N(C)CCC(=O)O)c1cccs1. The van der Waals surface area contributed by atoms with Crippen molar-refractivity contribution in [2.75, 3.05) is 13.6 Å². The van der Waals surface area contributed by atoms with Gasteiger partial charge in [0, 0.05) is 18.5 Å². The van der Waals surface area contributed by atoms with E-state index in [0.29, 0.717) is 0 Å². The minimum absolute atomic E-state index is 0.0443. The maximum absolute atomic E-state index is 11.7. The van der Waals surface area contributed by atoms with Crippen LogP contribution in [0.5, 0.6) is 0 Å². The Kier molecular flexibility index (Phi) is 4.96. The first-order valence-electron chi connectivity index (χ1n) is 5.27. The third-order valence-corrected chi connectivity index (χ3v) is 3.37. The Bertz CT molecular complexity index is 378. The lowest BCUT2D eigenvalue weighted by Gasteiger charge is -2.20. The van der Waals surface area contributed by atoms with Gasteiger partial charge in [0.1, 0.15) is 0 Å². The number of carbonyl (C=O) groups is 2. The van der Waals surface area contributed by atoms with Crippen LogP contribution in [0.4, 0.5) is 4.79 Å². The predicted octanol–water partition coefficient (Wildman–Crippen LogP) is 1.93. The molecule has 5 nitrogen and oxygen atoms in total. The monoisotopic (exact) mass is 256 g/mol. The van der Waals surface area contributed by atoms with Gasteiger partial charge in [0.25, 0.3) is 0 Å². The van der Waals surface area contributed by atoms with E-state index in [0.717, 1.165) is 4.88 Å². The van der Waals surface area contributed by atoms with E-state index in [-0.39, 0.29) is 25.0 Å². The molecule has 0 aliphatic heterocycles. The van der Waals surface area contributed by atoms with Crippen molar-refractivity contribution in [1.29, 1.82) is 0 Å². The first-order valence-corrected chi connectivity index (χ1v) is 6.15. The van der Waals surface area contributed by atoms with Crippen molar-refractivity contribution in [1.82, 2.24) is 10.2 Å². The standard InChI is InChI=1S/C11H16N2O3S/c1-8(9-4-3-7-17-9)12-11(16)13(2)6-5-10(14)15/h3-4,7-8H,5-6H2,1-2H3,(H,12,16)(H,14,15). The summed E-state index contributed by atoms with van der Waals surface area (Å²) in [5.41, 5.74) is 0. The van der Waals surface area contributed by atoms with Crippen LogP contribution in [0.15, 0.2) is 17.5 Å². The number of thiophene rings is 1. The molecular formula is C11H16N2O3S. The number of amides is 2. The number of carboxylic acids is 1. The first kappa shape index (κ1) is 13.5. The molecule has 1 heterocycles. The van der Waals surface area contributed by atoms with Crippen LogP contribution in [0.3, 0.4) is 0 Å². The highest BCUT2D eigenvalue weighted by Gasteiger charge is 2.14. The second kappa shape index (κ2) is 6.24. The van der Waals surface area contributed by atoms with E-state index >= 15 is 0 Å². The van der Waals surface area contributed by atoms with Crippen LogP contribution < -0.4 is 5.32 Å². The maximum Gasteiger partial charge on any atom is 0.317 e. The van der Waals surface area contributed by atoms with Gasteiger partial charge in [-0.2, -0.15) is 0 Å². The van der Waals surface area contributed by atoms with E-state index in [9.17, 15) is 9.59 Å². The summed E-state index contributed by atoms with van der Waals surface area (Å²) in [6, 6.07) is 3.56. The largest absolute Gasteiger partial charge is 0.481 e. The number of carboxylic acid groups (broad SMARTS) is 1. The normalized spacial score (nSPS) is 11.9. The molecule has 0 saturated heterocycles. The lowest BCUT2D eigenvalue weighted by atomic mass is 10.3. The number of nitrogens with zero attached hydrogens (tertiary/aromatic N) is 1. The molecule has 1 unspecified atom stereocenters. The smallest absolute Gasteiger partial charge is 0.317 e. The number of nitrogens with one attached hydrogen (secondary N) is 1. The van der Waals surface area contributed by atoms with E-state index in [2.05, 4.69) is 5.32 Å². The average Bonchev–Trinajstić information content (AvgIpc) is 2.78. The molecule has 0 spiro atoms. The van der Waals surface area contributed by atoms with Gasteiger partial charge in [0.15, 0.2) is 0 Å². The van der Waals surface area contributed by atoms with Gasteiger partial charge in [-0.25, -0.2) is 4.79 Å². The molecule has 2 amide bonds. The summed E-state index contributed by atoms with van der Waals surface area (Å²) in [6.45, 7) is 2.10.